The van der Waals surface area contributed by atoms with Crippen LogP contribution in [0.3, 0.4) is 0 Å². The highest BCUT2D eigenvalue weighted by Gasteiger charge is 2.17. The van der Waals surface area contributed by atoms with Gasteiger partial charge in [0.25, 0.3) is 0 Å². The number of hydrogen-bond acceptors (Lipinski definition) is 2. The van der Waals surface area contributed by atoms with Gasteiger partial charge in [-0.1, -0.05) is 27.7 Å². The van der Waals surface area contributed by atoms with Crippen molar-refractivity contribution in [2.24, 2.45) is 11.3 Å². The summed E-state index contributed by atoms with van der Waals surface area (Å²) in [5.74, 6) is 0.937. The van der Waals surface area contributed by atoms with E-state index in [1.165, 1.54) is 64.8 Å². The van der Waals surface area contributed by atoms with Gasteiger partial charge in [-0.25, -0.2) is 0 Å². The molecule has 0 spiro atoms. The predicted octanol–water partition coefficient (Wildman–Crippen LogP) is 3.52. The minimum absolute atomic E-state index is 0.493. The zero-order valence-electron chi connectivity index (χ0n) is 13.1. The van der Waals surface area contributed by atoms with E-state index in [0.717, 1.165) is 5.92 Å². The maximum atomic E-state index is 3.46. The lowest BCUT2D eigenvalue weighted by molar-refractivity contribution is 0.194. The third-order valence-electron chi connectivity index (χ3n) is 3.92. The van der Waals surface area contributed by atoms with Crippen molar-refractivity contribution in [1.29, 1.82) is 0 Å². The lowest BCUT2D eigenvalue weighted by Gasteiger charge is -2.30. The summed E-state index contributed by atoms with van der Waals surface area (Å²) in [4.78, 5) is 2.71. The first kappa shape index (κ1) is 16.0. The molecule has 0 saturated carbocycles. The molecule has 1 rings (SSSR count). The molecule has 0 aromatic rings. The van der Waals surface area contributed by atoms with Gasteiger partial charge in [-0.05, 0) is 69.6 Å². The van der Waals surface area contributed by atoms with Crippen LogP contribution in [0.4, 0.5) is 0 Å². The van der Waals surface area contributed by atoms with Gasteiger partial charge in [0, 0.05) is 6.54 Å². The van der Waals surface area contributed by atoms with Crippen molar-refractivity contribution in [1.82, 2.24) is 10.2 Å². The third kappa shape index (κ3) is 7.38. The van der Waals surface area contributed by atoms with E-state index in [1.807, 2.05) is 0 Å². The molecule has 2 heteroatoms. The molecule has 0 atom stereocenters. The fourth-order valence-electron chi connectivity index (χ4n) is 2.87. The summed E-state index contributed by atoms with van der Waals surface area (Å²) in [5, 5.41) is 3.46. The monoisotopic (exact) mass is 254 g/mol. The van der Waals surface area contributed by atoms with E-state index in [9.17, 15) is 0 Å². The van der Waals surface area contributed by atoms with Gasteiger partial charge in [-0.3, -0.25) is 0 Å². The van der Waals surface area contributed by atoms with E-state index in [1.54, 1.807) is 0 Å². The second kappa shape index (κ2) is 8.16. The largest absolute Gasteiger partial charge is 0.317 e. The number of nitrogens with one attached hydrogen (secondary N) is 1. The molecule has 2 nitrogen and oxygen atoms in total. The number of nitrogens with zero attached hydrogens (tertiary/aromatic N) is 1. The maximum absolute atomic E-state index is 3.46. The second-order valence-corrected chi connectivity index (χ2v) is 7.16. The van der Waals surface area contributed by atoms with Crippen LogP contribution in [0.1, 0.15) is 59.8 Å². The van der Waals surface area contributed by atoms with Crippen molar-refractivity contribution in [2.45, 2.75) is 59.8 Å². The van der Waals surface area contributed by atoms with Gasteiger partial charge >= 0.3 is 0 Å². The Labute approximate surface area is 115 Å². The van der Waals surface area contributed by atoms with Crippen LogP contribution in [-0.2, 0) is 0 Å². The molecular weight excluding hydrogens is 220 g/mol. The molecule has 0 unspecified atom stereocenters. The van der Waals surface area contributed by atoms with Crippen LogP contribution in [0, 0.1) is 11.3 Å². The Kier molecular flexibility index (Phi) is 7.25. The highest BCUT2D eigenvalue weighted by atomic mass is 15.1. The molecule has 18 heavy (non-hydrogen) atoms. The molecule has 1 N–H and O–H groups in total. The molecule has 0 radical (unpaired) electrons. The van der Waals surface area contributed by atoms with Crippen molar-refractivity contribution in [3.63, 3.8) is 0 Å². The summed E-state index contributed by atoms with van der Waals surface area (Å²) in [7, 11) is 0. The van der Waals surface area contributed by atoms with Gasteiger partial charge in [0.2, 0.25) is 0 Å². The quantitative estimate of drug-likeness (QED) is 0.748. The Morgan fingerprint density at radius 1 is 1.11 bits per heavy atom. The fourth-order valence-corrected chi connectivity index (χ4v) is 2.87. The standard InChI is InChI=1S/C16H34N2/c1-5-12-18(13-6-9-16(2,3)4)14-15-7-10-17-11-8-15/h15,17H,5-14H2,1-4H3. The van der Waals surface area contributed by atoms with Crippen LogP contribution in [-0.4, -0.2) is 37.6 Å². The van der Waals surface area contributed by atoms with E-state index in [2.05, 4.69) is 37.9 Å². The van der Waals surface area contributed by atoms with Crippen LogP contribution < -0.4 is 5.32 Å². The smallest absolute Gasteiger partial charge is 0.00106 e. The number of hydrogen-bond donors (Lipinski definition) is 1. The van der Waals surface area contributed by atoms with Crippen LogP contribution in [0.2, 0.25) is 0 Å². The molecule has 0 aromatic carbocycles. The Morgan fingerprint density at radius 3 is 2.33 bits per heavy atom. The summed E-state index contributed by atoms with van der Waals surface area (Å²) in [6.07, 6.45) is 6.74. The molecule has 1 heterocycles. The second-order valence-electron chi connectivity index (χ2n) is 7.16. The average molecular weight is 254 g/mol. The molecular formula is C16H34N2. The minimum Gasteiger partial charge on any atom is -0.317 e. The highest BCUT2D eigenvalue weighted by Crippen LogP contribution is 2.21. The first-order chi connectivity index (χ1) is 8.51. The zero-order valence-corrected chi connectivity index (χ0v) is 13.1. The van der Waals surface area contributed by atoms with Crippen molar-refractivity contribution in [2.75, 3.05) is 32.7 Å². The Bertz CT molecular complexity index is 202. The molecule has 1 saturated heterocycles. The zero-order chi connectivity index (χ0) is 13.4. The molecule has 1 aliphatic rings. The van der Waals surface area contributed by atoms with Crippen LogP contribution in [0.25, 0.3) is 0 Å². The summed E-state index contributed by atoms with van der Waals surface area (Å²) in [5.41, 5.74) is 0.493. The molecule has 0 aromatic heterocycles. The fraction of sp³-hybridized carbons (Fsp3) is 1.00. The van der Waals surface area contributed by atoms with Gasteiger partial charge < -0.3 is 10.2 Å². The summed E-state index contributed by atoms with van der Waals surface area (Å²) >= 11 is 0. The summed E-state index contributed by atoms with van der Waals surface area (Å²) in [6, 6.07) is 0. The van der Waals surface area contributed by atoms with Crippen LogP contribution in [0.15, 0.2) is 0 Å². The third-order valence-corrected chi connectivity index (χ3v) is 3.92. The molecule has 108 valence electrons. The van der Waals surface area contributed by atoms with E-state index in [-0.39, 0.29) is 0 Å². The minimum atomic E-state index is 0.493. The van der Waals surface area contributed by atoms with E-state index >= 15 is 0 Å². The van der Waals surface area contributed by atoms with Crippen molar-refractivity contribution in [3.05, 3.63) is 0 Å². The summed E-state index contributed by atoms with van der Waals surface area (Å²) < 4.78 is 0. The van der Waals surface area contributed by atoms with Crippen LogP contribution in [0.5, 0.6) is 0 Å². The molecule has 0 aliphatic carbocycles. The lowest BCUT2D eigenvalue weighted by atomic mass is 9.90. The normalized spacial score (nSPS) is 18.5. The summed E-state index contributed by atoms with van der Waals surface area (Å²) in [6.45, 7) is 15.7. The first-order valence-corrected chi connectivity index (χ1v) is 7.94. The SMILES string of the molecule is CCCN(CCCC(C)(C)C)CC1CCNCC1. The van der Waals surface area contributed by atoms with Crippen molar-refractivity contribution >= 4 is 0 Å². The molecule has 1 fully saturated rings. The van der Waals surface area contributed by atoms with Gasteiger partial charge in [0.15, 0.2) is 0 Å². The number of piperidine rings is 1. The lowest BCUT2D eigenvalue weighted by Crippen LogP contribution is -2.37. The first-order valence-electron chi connectivity index (χ1n) is 7.94. The number of rotatable bonds is 7. The maximum Gasteiger partial charge on any atom is 0.00106 e. The average Bonchev–Trinajstić information content (AvgIpc) is 2.29. The molecule has 0 bridgehead atoms. The van der Waals surface area contributed by atoms with Gasteiger partial charge in [0.1, 0.15) is 0 Å². The van der Waals surface area contributed by atoms with Gasteiger partial charge in [0.05, 0.1) is 0 Å². The topological polar surface area (TPSA) is 15.3 Å². The Morgan fingerprint density at radius 2 is 1.78 bits per heavy atom. The Balaban J connectivity index is 2.25. The van der Waals surface area contributed by atoms with E-state index in [0.29, 0.717) is 5.41 Å². The van der Waals surface area contributed by atoms with Gasteiger partial charge in [-0.15, -0.1) is 0 Å². The van der Waals surface area contributed by atoms with E-state index < -0.39 is 0 Å². The van der Waals surface area contributed by atoms with Crippen molar-refractivity contribution in [3.8, 4) is 0 Å². The molecule has 1 aliphatic heterocycles. The van der Waals surface area contributed by atoms with Gasteiger partial charge in [-0.2, -0.15) is 0 Å². The van der Waals surface area contributed by atoms with Crippen molar-refractivity contribution < 1.29 is 0 Å². The predicted molar refractivity (Wildman–Crippen MR) is 81.0 cm³/mol. The molecule has 0 amide bonds. The van der Waals surface area contributed by atoms with E-state index in [4.69, 9.17) is 0 Å². The highest BCUT2D eigenvalue weighted by molar-refractivity contribution is 4.73. The van der Waals surface area contributed by atoms with Crippen LogP contribution >= 0.6 is 0 Å². The Hall–Kier alpha value is -0.0800.